The van der Waals surface area contributed by atoms with Gasteiger partial charge in [-0.15, -0.1) is 0 Å². The van der Waals surface area contributed by atoms with Crippen molar-refractivity contribution in [2.45, 2.75) is 20.3 Å². The molecule has 1 saturated heterocycles. The lowest BCUT2D eigenvalue weighted by atomic mass is 9.89. The summed E-state index contributed by atoms with van der Waals surface area (Å²) in [5, 5.41) is 0. The van der Waals surface area contributed by atoms with Gasteiger partial charge in [-0.2, -0.15) is 27.0 Å². The normalized spacial score (nSPS) is 31.9. The van der Waals surface area contributed by atoms with Crippen molar-refractivity contribution in [3.05, 3.63) is 0 Å². The summed E-state index contributed by atoms with van der Waals surface area (Å²) in [5.41, 5.74) is 0. The third-order valence-electron chi connectivity index (χ3n) is 2.54. The first-order valence-corrected chi connectivity index (χ1v) is 3.88. The van der Waals surface area contributed by atoms with Gasteiger partial charge in [-0.25, -0.2) is 0 Å². The molecule has 0 aromatic carbocycles. The van der Waals surface area contributed by atoms with Crippen LogP contribution in [0.15, 0.2) is 0 Å². The summed E-state index contributed by atoms with van der Waals surface area (Å²) in [4.78, 5) is 2.42. The molecule has 0 aromatic rings. The molecule has 0 spiro atoms. The standard InChI is InChI=1S/C8H17N.2H2S/c1-7-4-5-9(3)6-8(7)2;;/h7-8H,4-6H2,1-3H3;2*1H2/t7-,8-;;/m0../s1. The smallest absolute Gasteiger partial charge is 0.000652 e. The van der Waals surface area contributed by atoms with Gasteiger partial charge in [0.2, 0.25) is 0 Å². The van der Waals surface area contributed by atoms with Crippen LogP contribution in [0.2, 0.25) is 0 Å². The summed E-state index contributed by atoms with van der Waals surface area (Å²) in [6.45, 7) is 7.30. The van der Waals surface area contributed by atoms with Crippen molar-refractivity contribution in [2.75, 3.05) is 20.1 Å². The molecule has 0 bridgehead atoms. The number of hydrogen-bond acceptors (Lipinski definition) is 1. The summed E-state index contributed by atoms with van der Waals surface area (Å²) in [6, 6.07) is 0. The van der Waals surface area contributed by atoms with E-state index in [4.69, 9.17) is 0 Å². The molecule has 0 unspecified atom stereocenters. The van der Waals surface area contributed by atoms with E-state index in [1.54, 1.807) is 0 Å². The SMILES string of the molecule is C[C@H]1CCN(C)C[C@@H]1C.S.S. The largest absolute Gasteiger partial charge is 0.306 e. The van der Waals surface area contributed by atoms with Gasteiger partial charge in [0.05, 0.1) is 0 Å². The van der Waals surface area contributed by atoms with E-state index in [9.17, 15) is 0 Å². The van der Waals surface area contributed by atoms with Gasteiger partial charge in [0.1, 0.15) is 0 Å². The van der Waals surface area contributed by atoms with Gasteiger partial charge in [0.25, 0.3) is 0 Å². The predicted octanol–water partition coefficient (Wildman–Crippen LogP) is 1.82. The second-order valence-electron chi connectivity index (χ2n) is 3.51. The zero-order valence-electron chi connectivity index (χ0n) is 7.72. The van der Waals surface area contributed by atoms with Gasteiger partial charge in [0, 0.05) is 6.54 Å². The molecule has 0 aliphatic carbocycles. The Morgan fingerprint density at radius 1 is 1.09 bits per heavy atom. The molecule has 1 rings (SSSR count). The van der Waals surface area contributed by atoms with Crippen LogP contribution in [0.1, 0.15) is 20.3 Å². The van der Waals surface area contributed by atoms with Gasteiger partial charge in [-0.05, 0) is 31.8 Å². The average Bonchev–Trinajstić information content (AvgIpc) is 1.80. The second-order valence-corrected chi connectivity index (χ2v) is 3.51. The van der Waals surface area contributed by atoms with Crippen molar-refractivity contribution in [1.82, 2.24) is 4.90 Å². The van der Waals surface area contributed by atoms with E-state index >= 15 is 0 Å². The van der Waals surface area contributed by atoms with Crippen molar-refractivity contribution < 1.29 is 0 Å². The number of hydrogen-bond donors (Lipinski definition) is 0. The van der Waals surface area contributed by atoms with Crippen molar-refractivity contribution in [3.8, 4) is 0 Å². The summed E-state index contributed by atoms with van der Waals surface area (Å²) in [5.74, 6) is 1.85. The van der Waals surface area contributed by atoms with E-state index in [0.29, 0.717) is 0 Å². The maximum absolute atomic E-state index is 2.42. The van der Waals surface area contributed by atoms with Crippen molar-refractivity contribution >= 4 is 27.0 Å². The van der Waals surface area contributed by atoms with E-state index in [2.05, 4.69) is 25.8 Å². The van der Waals surface area contributed by atoms with Gasteiger partial charge < -0.3 is 4.90 Å². The molecule has 70 valence electrons. The van der Waals surface area contributed by atoms with Crippen LogP contribution < -0.4 is 0 Å². The molecule has 1 aliphatic heterocycles. The van der Waals surface area contributed by atoms with Crippen LogP contribution in [0.4, 0.5) is 0 Å². The van der Waals surface area contributed by atoms with Crippen LogP contribution in [-0.4, -0.2) is 25.0 Å². The average molecular weight is 195 g/mol. The van der Waals surface area contributed by atoms with Crippen LogP contribution >= 0.6 is 27.0 Å². The Morgan fingerprint density at radius 2 is 1.64 bits per heavy atom. The van der Waals surface area contributed by atoms with Crippen molar-refractivity contribution in [2.24, 2.45) is 11.8 Å². The summed E-state index contributed by atoms with van der Waals surface area (Å²) < 4.78 is 0. The fourth-order valence-corrected chi connectivity index (χ4v) is 1.47. The molecule has 0 saturated carbocycles. The second kappa shape index (κ2) is 6.21. The molecular weight excluding hydrogens is 174 g/mol. The first-order chi connectivity index (χ1) is 4.20. The fourth-order valence-electron chi connectivity index (χ4n) is 1.47. The van der Waals surface area contributed by atoms with Gasteiger partial charge in [0.15, 0.2) is 0 Å². The highest BCUT2D eigenvalue weighted by Crippen LogP contribution is 2.20. The molecule has 0 aromatic heterocycles. The Labute approximate surface area is 84.4 Å². The number of nitrogens with zero attached hydrogens (tertiary/aromatic N) is 1. The Balaban J connectivity index is 0. The number of likely N-dealkylation sites (tertiary alicyclic amines) is 1. The van der Waals surface area contributed by atoms with Crippen LogP contribution in [0, 0.1) is 11.8 Å². The number of piperidine rings is 1. The molecule has 1 fully saturated rings. The summed E-state index contributed by atoms with van der Waals surface area (Å²) in [6.07, 6.45) is 1.39. The molecule has 0 N–H and O–H groups in total. The molecule has 3 heteroatoms. The van der Waals surface area contributed by atoms with E-state index in [0.717, 1.165) is 11.8 Å². The third kappa shape index (κ3) is 4.28. The lowest BCUT2D eigenvalue weighted by molar-refractivity contribution is 0.166. The number of rotatable bonds is 0. The van der Waals surface area contributed by atoms with Crippen molar-refractivity contribution in [1.29, 1.82) is 0 Å². The van der Waals surface area contributed by atoms with Crippen LogP contribution in [0.5, 0.6) is 0 Å². The molecule has 1 heterocycles. The fraction of sp³-hybridized carbons (Fsp3) is 1.00. The summed E-state index contributed by atoms with van der Waals surface area (Å²) >= 11 is 0. The quantitative estimate of drug-likeness (QED) is 0.570. The lowest BCUT2D eigenvalue weighted by Crippen LogP contribution is -2.35. The van der Waals surface area contributed by atoms with E-state index in [1.165, 1.54) is 19.5 Å². The molecular formula is C8H21NS2. The van der Waals surface area contributed by atoms with Crippen LogP contribution in [0.25, 0.3) is 0 Å². The first kappa shape index (κ1) is 14.2. The van der Waals surface area contributed by atoms with Gasteiger partial charge in [-0.3, -0.25) is 0 Å². The molecule has 1 aliphatic rings. The summed E-state index contributed by atoms with van der Waals surface area (Å²) in [7, 11) is 2.21. The lowest BCUT2D eigenvalue weighted by Gasteiger charge is -2.32. The Kier molecular flexibility index (Phi) is 8.01. The van der Waals surface area contributed by atoms with Crippen LogP contribution in [0.3, 0.4) is 0 Å². The first-order valence-electron chi connectivity index (χ1n) is 3.88. The molecule has 11 heavy (non-hydrogen) atoms. The minimum Gasteiger partial charge on any atom is -0.306 e. The highest BCUT2D eigenvalue weighted by Gasteiger charge is 2.19. The minimum atomic E-state index is 0. The molecule has 1 nitrogen and oxygen atoms in total. The maximum atomic E-state index is 2.42. The Morgan fingerprint density at radius 3 is 2.00 bits per heavy atom. The predicted molar refractivity (Wildman–Crippen MR) is 61.2 cm³/mol. The third-order valence-corrected chi connectivity index (χ3v) is 2.54. The highest BCUT2D eigenvalue weighted by atomic mass is 32.1. The Bertz CT molecular complexity index is 98.1. The topological polar surface area (TPSA) is 3.24 Å². The van der Waals surface area contributed by atoms with Gasteiger partial charge in [-0.1, -0.05) is 13.8 Å². The zero-order chi connectivity index (χ0) is 6.85. The highest BCUT2D eigenvalue weighted by molar-refractivity contribution is 7.59. The maximum Gasteiger partial charge on any atom is 0.000652 e. The van der Waals surface area contributed by atoms with E-state index in [1.807, 2.05) is 0 Å². The minimum absolute atomic E-state index is 0. The van der Waals surface area contributed by atoms with E-state index in [-0.39, 0.29) is 27.0 Å². The molecule has 0 radical (unpaired) electrons. The Hall–Kier alpha value is 0.660. The van der Waals surface area contributed by atoms with E-state index < -0.39 is 0 Å². The van der Waals surface area contributed by atoms with Crippen molar-refractivity contribution in [3.63, 3.8) is 0 Å². The molecule has 0 amide bonds. The zero-order valence-corrected chi connectivity index (χ0v) is 9.72. The van der Waals surface area contributed by atoms with Crippen LogP contribution in [-0.2, 0) is 0 Å². The monoisotopic (exact) mass is 195 g/mol. The molecule has 2 atom stereocenters. The van der Waals surface area contributed by atoms with Gasteiger partial charge >= 0.3 is 0 Å².